The molecule has 0 fully saturated rings. The second-order valence-electron chi connectivity index (χ2n) is 15.1. The summed E-state index contributed by atoms with van der Waals surface area (Å²) in [6, 6.07) is 40.8. The van der Waals surface area contributed by atoms with Gasteiger partial charge in [0.2, 0.25) is 0 Å². The number of fused-ring (bicyclic) bond motifs is 3. The monoisotopic (exact) mass is 805 g/mol. The molecule has 0 atom stereocenters. The third-order valence-corrected chi connectivity index (χ3v) is 11.0. The van der Waals surface area contributed by atoms with Crippen molar-refractivity contribution in [3.05, 3.63) is 263 Å². The quantitative estimate of drug-likeness (QED) is 0.0759. The summed E-state index contributed by atoms with van der Waals surface area (Å²) in [5.74, 6) is 0.879. The first-order chi connectivity index (χ1) is 30.5. The lowest BCUT2D eigenvalue weighted by Crippen LogP contribution is -2.20. The minimum atomic E-state index is 0.663. The molecule has 0 N–H and O–H groups in total. The Balaban J connectivity index is 1.20. The van der Waals surface area contributed by atoms with Crippen molar-refractivity contribution in [1.29, 1.82) is 0 Å². The molecule has 0 saturated carbocycles. The highest BCUT2D eigenvalue weighted by Gasteiger charge is 2.12. The molecule has 306 valence electrons. The van der Waals surface area contributed by atoms with Crippen molar-refractivity contribution >= 4 is 57.1 Å². The van der Waals surface area contributed by atoms with Gasteiger partial charge in [0.05, 0.1) is 0 Å². The molecule has 0 aliphatic heterocycles. The van der Waals surface area contributed by atoms with Crippen LogP contribution in [-0.2, 0) is 6.42 Å². The van der Waals surface area contributed by atoms with Crippen molar-refractivity contribution in [1.82, 2.24) is 0 Å². The third kappa shape index (κ3) is 10.3. The van der Waals surface area contributed by atoms with Crippen LogP contribution in [0.5, 0.6) is 0 Å². The van der Waals surface area contributed by atoms with Gasteiger partial charge in [0, 0.05) is 29.2 Å². The lowest BCUT2D eigenvalue weighted by Gasteiger charge is -2.19. The van der Waals surface area contributed by atoms with Crippen LogP contribution in [0.4, 0.5) is 5.69 Å². The molecule has 0 saturated heterocycles. The maximum Gasteiger partial charge on any atom is 0.134 e. The number of furan rings is 1. The third-order valence-electron chi connectivity index (χ3n) is 11.0. The highest BCUT2D eigenvalue weighted by atomic mass is 16.3. The van der Waals surface area contributed by atoms with Crippen molar-refractivity contribution in [3.63, 3.8) is 0 Å². The van der Waals surface area contributed by atoms with E-state index in [1.54, 1.807) is 0 Å². The van der Waals surface area contributed by atoms with Crippen molar-refractivity contribution in [3.8, 4) is 0 Å². The normalized spacial score (nSPS) is 14.5. The van der Waals surface area contributed by atoms with E-state index in [1.807, 2.05) is 31.2 Å². The van der Waals surface area contributed by atoms with Gasteiger partial charge in [-0.25, -0.2) is 0 Å². The smallest absolute Gasteiger partial charge is 0.134 e. The fourth-order valence-corrected chi connectivity index (χ4v) is 8.01. The summed E-state index contributed by atoms with van der Waals surface area (Å²) in [6.07, 6.45) is 38.0. The Hall–Kier alpha value is -7.42. The van der Waals surface area contributed by atoms with Crippen molar-refractivity contribution < 1.29 is 4.42 Å². The molecule has 5 aromatic carbocycles. The first-order valence-corrected chi connectivity index (χ1v) is 21.5. The van der Waals surface area contributed by atoms with Gasteiger partial charge in [0.25, 0.3) is 0 Å². The SMILES string of the molecule is C=C/C=C(\C=C/CN(/C=C/C=C(\C=C/C)c1cc2ccccc2c2ccccc12)c1ccccc1)C1=CC=C(c2ccccc2)CC(/C=C/C=c2/oc(/C=C\C)c(CC)c2=C)=C1. The Morgan fingerprint density at radius 2 is 1.47 bits per heavy atom. The van der Waals surface area contributed by atoms with Crippen LogP contribution in [0.3, 0.4) is 0 Å². The number of allylic oxidation sites excluding steroid dienone is 18. The number of hydrogen-bond acceptors (Lipinski definition) is 2. The van der Waals surface area contributed by atoms with Gasteiger partial charge >= 0.3 is 0 Å². The maximum absolute atomic E-state index is 6.22. The second-order valence-corrected chi connectivity index (χ2v) is 15.1. The van der Waals surface area contributed by atoms with E-state index in [0.29, 0.717) is 6.54 Å². The van der Waals surface area contributed by atoms with Crippen LogP contribution in [0.25, 0.3) is 51.4 Å². The molecule has 62 heavy (non-hydrogen) atoms. The number of hydrogen-bond donors (Lipinski definition) is 0. The van der Waals surface area contributed by atoms with Gasteiger partial charge in [-0.3, -0.25) is 0 Å². The highest BCUT2D eigenvalue weighted by molar-refractivity contribution is 6.12. The molecule has 0 amide bonds. The number of rotatable bonds is 15. The zero-order chi connectivity index (χ0) is 43.1. The lowest BCUT2D eigenvalue weighted by atomic mass is 9.93. The minimum absolute atomic E-state index is 0.663. The second kappa shape index (κ2) is 21.2. The van der Waals surface area contributed by atoms with E-state index in [-0.39, 0.29) is 0 Å². The molecule has 1 aliphatic rings. The van der Waals surface area contributed by atoms with E-state index in [9.17, 15) is 0 Å². The van der Waals surface area contributed by atoms with Crippen LogP contribution in [0.15, 0.2) is 234 Å². The number of benzene rings is 5. The van der Waals surface area contributed by atoms with Crippen LogP contribution in [0.1, 0.15) is 49.6 Å². The van der Waals surface area contributed by atoms with E-state index >= 15 is 0 Å². The summed E-state index contributed by atoms with van der Waals surface area (Å²) in [6.45, 7) is 15.3. The van der Waals surface area contributed by atoms with Crippen LogP contribution >= 0.6 is 0 Å². The Morgan fingerprint density at radius 3 is 2.21 bits per heavy atom. The average Bonchev–Trinajstić information content (AvgIpc) is 3.45. The van der Waals surface area contributed by atoms with Gasteiger partial charge in [0.15, 0.2) is 0 Å². The fourth-order valence-electron chi connectivity index (χ4n) is 8.01. The van der Waals surface area contributed by atoms with Gasteiger partial charge in [-0.1, -0.05) is 196 Å². The Morgan fingerprint density at radius 1 is 0.742 bits per heavy atom. The van der Waals surface area contributed by atoms with Crippen LogP contribution in [-0.4, -0.2) is 6.54 Å². The first-order valence-electron chi connectivity index (χ1n) is 21.5. The zero-order valence-corrected chi connectivity index (χ0v) is 36.2. The van der Waals surface area contributed by atoms with E-state index in [1.165, 1.54) is 43.8 Å². The molecule has 7 rings (SSSR count). The summed E-state index contributed by atoms with van der Waals surface area (Å²) < 4.78 is 6.22. The summed E-state index contributed by atoms with van der Waals surface area (Å²) in [5.41, 5.74) is 11.2. The minimum Gasteiger partial charge on any atom is -0.456 e. The molecule has 1 aliphatic carbocycles. The molecule has 1 heterocycles. The Labute approximate surface area is 367 Å². The summed E-state index contributed by atoms with van der Waals surface area (Å²) in [7, 11) is 0. The Bertz CT molecular complexity index is 2970. The summed E-state index contributed by atoms with van der Waals surface area (Å²) >= 11 is 0. The molecular weight excluding hydrogens is 751 g/mol. The fraction of sp³-hybridized carbons (Fsp3) is 0.100. The van der Waals surface area contributed by atoms with Crippen molar-refractivity contribution in [2.75, 3.05) is 11.4 Å². The molecular formula is C60H55NO. The number of nitrogens with zero attached hydrogens (tertiary/aromatic N) is 1. The Kier molecular flexibility index (Phi) is 14.6. The molecule has 2 heteroatoms. The predicted molar refractivity (Wildman–Crippen MR) is 271 cm³/mol. The van der Waals surface area contributed by atoms with Crippen LogP contribution in [0.2, 0.25) is 0 Å². The summed E-state index contributed by atoms with van der Waals surface area (Å²) in [4.78, 5) is 2.27. The van der Waals surface area contributed by atoms with E-state index in [0.717, 1.165) is 57.2 Å². The molecule has 0 spiro atoms. The lowest BCUT2D eigenvalue weighted by molar-refractivity contribution is 0.520. The van der Waals surface area contributed by atoms with E-state index < -0.39 is 0 Å². The zero-order valence-electron chi connectivity index (χ0n) is 36.2. The van der Waals surface area contributed by atoms with Crippen LogP contribution in [0, 0.1) is 0 Å². The van der Waals surface area contributed by atoms with Gasteiger partial charge in [-0.15, -0.1) is 0 Å². The van der Waals surface area contributed by atoms with E-state index in [4.69, 9.17) is 4.42 Å². The number of para-hydroxylation sites is 1. The van der Waals surface area contributed by atoms with Gasteiger partial charge in [-0.2, -0.15) is 0 Å². The molecule has 0 bridgehead atoms. The van der Waals surface area contributed by atoms with Crippen LogP contribution < -0.4 is 15.5 Å². The predicted octanol–water partition coefficient (Wildman–Crippen LogP) is 14.6. The standard InChI is InChI=1S/C60H55NO/c1-6-23-47(50-38-39-51(48-27-12-10-13-28-48)43-46(42-50)26-20-37-59-45(5)54(9-4)60(62-59)25-8-3)30-21-40-61(53-32-14-11-15-33-53)41-22-31-49(24-7-2)58-44-52-29-16-17-34-55(52)56-35-18-19-36-57(56)58/h6-8,10-39,41-42,44H,1,5,9,40,43H2,2-4H3/b24-7-,25-8-,26-20+,30-21-,41-22+,47-23+,49-31+,59-37+. The topological polar surface area (TPSA) is 16.4 Å². The molecule has 2 nitrogen and oxygen atoms in total. The van der Waals surface area contributed by atoms with Gasteiger partial charge in [0.1, 0.15) is 11.2 Å². The van der Waals surface area contributed by atoms with Gasteiger partial charge < -0.3 is 9.32 Å². The van der Waals surface area contributed by atoms with Crippen molar-refractivity contribution in [2.45, 2.75) is 33.6 Å². The highest BCUT2D eigenvalue weighted by Crippen LogP contribution is 2.34. The van der Waals surface area contributed by atoms with Gasteiger partial charge in [-0.05, 0) is 124 Å². The molecule has 6 aromatic rings. The first kappa shape index (κ1) is 42.7. The largest absolute Gasteiger partial charge is 0.456 e. The summed E-state index contributed by atoms with van der Waals surface area (Å²) in [5, 5.41) is 5.95. The molecule has 0 unspecified atom stereocenters. The van der Waals surface area contributed by atoms with E-state index in [2.05, 4.69) is 226 Å². The van der Waals surface area contributed by atoms with Crippen molar-refractivity contribution in [2.24, 2.45) is 0 Å². The molecule has 0 radical (unpaired) electrons. The molecule has 1 aromatic heterocycles. The maximum atomic E-state index is 6.22. The number of anilines is 1. The average molecular weight is 806 g/mol.